The third-order valence-corrected chi connectivity index (χ3v) is 5.63. The van der Waals surface area contributed by atoms with Gasteiger partial charge in [-0.3, -0.25) is 24.2 Å². The third kappa shape index (κ3) is 2.04. The van der Waals surface area contributed by atoms with Crippen LogP contribution in [0.3, 0.4) is 0 Å². The van der Waals surface area contributed by atoms with Crippen LogP contribution in [0.15, 0.2) is 36.4 Å². The summed E-state index contributed by atoms with van der Waals surface area (Å²) in [7, 11) is 0. The number of rotatable bonds is 3. The van der Waals surface area contributed by atoms with Crippen molar-refractivity contribution in [3.8, 4) is 0 Å². The number of aryl methyl sites for hydroxylation is 1. The van der Waals surface area contributed by atoms with Gasteiger partial charge in [0.05, 0.1) is 11.8 Å². The number of amides is 3. The van der Waals surface area contributed by atoms with Crippen LogP contribution in [0.1, 0.15) is 18.9 Å². The van der Waals surface area contributed by atoms with Crippen molar-refractivity contribution in [1.82, 2.24) is 4.90 Å². The van der Waals surface area contributed by atoms with Gasteiger partial charge < -0.3 is 0 Å². The molecule has 0 N–H and O–H groups in total. The van der Waals surface area contributed by atoms with Gasteiger partial charge in [0.15, 0.2) is 0 Å². The summed E-state index contributed by atoms with van der Waals surface area (Å²) in [5.74, 6) is -0.501. The summed E-state index contributed by atoms with van der Waals surface area (Å²) in [6.45, 7) is 3.38. The van der Waals surface area contributed by atoms with Gasteiger partial charge in [0.1, 0.15) is 6.67 Å². The lowest BCUT2D eigenvalue weighted by Gasteiger charge is -2.28. The fraction of sp³-hybridized carbons (Fsp3) is 0.421. The number of hydrogen-bond acceptors (Lipinski definition) is 3. The molecule has 5 heteroatoms. The van der Waals surface area contributed by atoms with Crippen molar-refractivity contribution in [2.24, 2.45) is 23.7 Å². The molecule has 0 unspecified atom stereocenters. The Hall–Kier alpha value is -2.43. The second kappa shape index (κ2) is 5.30. The summed E-state index contributed by atoms with van der Waals surface area (Å²) >= 11 is 0. The zero-order valence-corrected chi connectivity index (χ0v) is 13.8. The van der Waals surface area contributed by atoms with E-state index in [1.165, 1.54) is 16.7 Å². The average Bonchev–Trinajstić information content (AvgIpc) is 3.22. The Bertz CT molecular complexity index is 740. The fourth-order valence-corrected chi connectivity index (χ4v) is 4.46. The van der Waals surface area contributed by atoms with Crippen LogP contribution >= 0.6 is 0 Å². The molecule has 5 nitrogen and oxygen atoms in total. The van der Waals surface area contributed by atoms with E-state index in [4.69, 9.17) is 0 Å². The molecule has 1 aromatic rings. The number of carbonyl (C=O) groups excluding carboxylic acids is 3. The van der Waals surface area contributed by atoms with Gasteiger partial charge in [0.2, 0.25) is 17.7 Å². The molecule has 1 heterocycles. The Labute approximate surface area is 140 Å². The van der Waals surface area contributed by atoms with E-state index in [0.29, 0.717) is 0 Å². The number of carbonyl (C=O) groups is 3. The first-order valence-electron chi connectivity index (χ1n) is 8.36. The Morgan fingerprint density at radius 3 is 2.25 bits per heavy atom. The number of para-hydroxylation sites is 1. The van der Waals surface area contributed by atoms with Crippen LogP contribution in [0.4, 0.5) is 5.69 Å². The molecule has 0 spiro atoms. The first-order valence-corrected chi connectivity index (χ1v) is 8.36. The van der Waals surface area contributed by atoms with Crippen LogP contribution in [0.5, 0.6) is 0 Å². The Morgan fingerprint density at radius 1 is 1.12 bits per heavy atom. The van der Waals surface area contributed by atoms with E-state index in [9.17, 15) is 14.4 Å². The molecule has 4 atom stereocenters. The molecule has 2 fully saturated rings. The maximum atomic E-state index is 12.8. The van der Waals surface area contributed by atoms with Crippen LogP contribution in [-0.4, -0.2) is 29.3 Å². The molecule has 3 aliphatic rings. The Morgan fingerprint density at radius 2 is 1.71 bits per heavy atom. The number of fused-ring (bicyclic) bond motifs is 5. The molecule has 3 amide bonds. The molecular weight excluding hydrogens is 304 g/mol. The van der Waals surface area contributed by atoms with E-state index in [1.54, 1.807) is 0 Å². The Balaban J connectivity index is 1.62. The summed E-state index contributed by atoms with van der Waals surface area (Å²) in [5, 5.41) is 0. The summed E-state index contributed by atoms with van der Waals surface area (Å²) in [4.78, 5) is 40.5. The summed E-state index contributed by atoms with van der Waals surface area (Å²) < 4.78 is 0. The van der Waals surface area contributed by atoms with Crippen molar-refractivity contribution in [2.45, 2.75) is 20.3 Å². The summed E-state index contributed by atoms with van der Waals surface area (Å²) in [5.41, 5.74) is 1.68. The highest BCUT2D eigenvalue weighted by Gasteiger charge is 2.59. The lowest BCUT2D eigenvalue weighted by Crippen LogP contribution is -2.45. The average molecular weight is 324 g/mol. The maximum Gasteiger partial charge on any atom is 0.235 e. The zero-order valence-electron chi connectivity index (χ0n) is 13.8. The minimum atomic E-state index is -0.224. The number of benzene rings is 1. The first kappa shape index (κ1) is 15.1. The molecule has 1 aromatic carbocycles. The molecule has 1 saturated heterocycles. The highest BCUT2D eigenvalue weighted by molar-refractivity contribution is 6.07. The van der Waals surface area contributed by atoms with Gasteiger partial charge >= 0.3 is 0 Å². The van der Waals surface area contributed by atoms with Gasteiger partial charge in [-0.05, 0) is 36.8 Å². The van der Waals surface area contributed by atoms with Crippen LogP contribution in [0.25, 0.3) is 0 Å². The monoisotopic (exact) mass is 324 g/mol. The van der Waals surface area contributed by atoms with Crippen molar-refractivity contribution in [3.05, 3.63) is 42.0 Å². The predicted molar refractivity (Wildman–Crippen MR) is 88.8 cm³/mol. The van der Waals surface area contributed by atoms with Crippen LogP contribution in [-0.2, 0) is 14.4 Å². The second-order valence-electron chi connectivity index (χ2n) is 6.98. The van der Waals surface area contributed by atoms with Crippen molar-refractivity contribution < 1.29 is 14.4 Å². The van der Waals surface area contributed by atoms with Gasteiger partial charge in [-0.1, -0.05) is 30.4 Å². The van der Waals surface area contributed by atoms with Crippen LogP contribution < -0.4 is 4.90 Å². The largest absolute Gasteiger partial charge is 0.294 e. The number of likely N-dealkylation sites (tertiary alicyclic amines) is 1. The smallest absolute Gasteiger partial charge is 0.235 e. The van der Waals surface area contributed by atoms with Gasteiger partial charge in [-0.25, -0.2) is 0 Å². The van der Waals surface area contributed by atoms with Gasteiger partial charge in [0, 0.05) is 12.6 Å². The lowest BCUT2D eigenvalue weighted by atomic mass is 9.85. The fourth-order valence-electron chi connectivity index (χ4n) is 4.46. The molecule has 1 aliphatic heterocycles. The Kier molecular flexibility index (Phi) is 3.34. The van der Waals surface area contributed by atoms with Crippen molar-refractivity contribution in [2.75, 3.05) is 11.6 Å². The zero-order chi connectivity index (χ0) is 17.0. The van der Waals surface area contributed by atoms with Crippen LogP contribution in [0, 0.1) is 30.6 Å². The van der Waals surface area contributed by atoms with E-state index in [1.807, 2.05) is 31.2 Å². The third-order valence-electron chi connectivity index (χ3n) is 5.63. The number of nitrogens with zero attached hydrogens (tertiary/aromatic N) is 2. The normalized spacial score (nSPS) is 30.2. The van der Waals surface area contributed by atoms with Crippen molar-refractivity contribution >= 4 is 23.4 Å². The van der Waals surface area contributed by atoms with E-state index < -0.39 is 0 Å². The highest BCUT2D eigenvalue weighted by atomic mass is 16.2. The molecule has 2 bridgehead atoms. The quantitative estimate of drug-likeness (QED) is 0.632. The highest BCUT2D eigenvalue weighted by Crippen LogP contribution is 2.52. The lowest BCUT2D eigenvalue weighted by molar-refractivity contribution is -0.140. The molecule has 0 aromatic heterocycles. The number of anilines is 1. The first-order chi connectivity index (χ1) is 11.5. The SMILES string of the molecule is CC(=O)N(CN1C(=O)[C@@H]2[C@@H](C1=O)[C@@H]1C=C[C@@H]2C1)c1ccccc1C. The van der Waals surface area contributed by atoms with Gasteiger partial charge in [-0.15, -0.1) is 0 Å². The van der Waals surface area contributed by atoms with E-state index in [2.05, 4.69) is 12.2 Å². The van der Waals surface area contributed by atoms with Gasteiger partial charge in [-0.2, -0.15) is 0 Å². The van der Waals surface area contributed by atoms with Crippen LogP contribution in [0.2, 0.25) is 0 Å². The topological polar surface area (TPSA) is 57.7 Å². The summed E-state index contributed by atoms with van der Waals surface area (Å²) in [6, 6.07) is 7.51. The molecule has 2 aliphatic carbocycles. The molecule has 0 radical (unpaired) electrons. The molecular formula is C19H20N2O3. The summed E-state index contributed by atoms with van der Waals surface area (Å²) in [6.07, 6.45) is 5.06. The van der Waals surface area contributed by atoms with E-state index in [-0.39, 0.29) is 48.1 Å². The molecule has 24 heavy (non-hydrogen) atoms. The minimum Gasteiger partial charge on any atom is -0.294 e. The van der Waals surface area contributed by atoms with E-state index >= 15 is 0 Å². The standard InChI is InChI=1S/C19H20N2O3/c1-11-5-3-4-6-15(11)20(12(2)22)10-21-18(23)16-13-7-8-14(9-13)17(16)19(21)24/h3-8,13-14,16-17H,9-10H2,1-2H3/t13-,14-,16+,17+/m1/s1. The minimum absolute atomic E-state index is 0.00426. The number of allylic oxidation sites excluding steroid dienone is 2. The van der Waals surface area contributed by atoms with E-state index in [0.717, 1.165) is 17.7 Å². The molecule has 1 saturated carbocycles. The van der Waals surface area contributed by atoms with Crippen molar-refractivity contribution in [1.29, 1.82) is 0 Å². The second-order valence-corrected chi connectivity index (χ2v) is 6.98. The van der Waals surface area contributed by atoms with Crippen molar-refractivity contribution in [3.63, 3.8) is 0 Å². The molecule has 124 valence electrons. The van der Waals surface area contributed by atoms with Gasteiger partial charge in [0.25, 0.3) is 0 Å². The molecule has 4 rings (SSSR count). The number of hydrogen-bond donors (Lipinski definition) is 0. The predicted octanol–water partition coefficient (Wildman–Crippen LogP) is 2.11. The number of imide groups is 1. The maximum absolute atomic E-state index is 12.8.